The Bertz CT molecular complexity index is 1170. The van der Waals surface area contributed by atoms with Gasteiger partial charge in [0, 0.05) is 5.56 Å². The lowest BCUT2D eigenvalue weighted by Gasteiger charge is -2.22. The minimum atomic E-state index is -0.541. The van der Waals surface area contributed by atoms with Crippen LogP contribution in [0.25, 0.3) is 11.3 Å². The summed E-state index contributed by atoms with van der Waals surface area (Å²) in [6.07, 6.45) is 0. The summed E-state index contributed by atoms with van der Waals surface area (Å²) in [7, 11) is 1.56. The Balaban J connectivity index is 1.77. The van der Waals surface area contributed by atoms with E-state index in [1.165, 1.54) is 0 Å². The summed E-state index contributed by atoms with van der Waals surface area (Å²) in [5.41, 5.74) is 1.30. The van der Waals surface area contributed by atoms with Crippen LogP contribution in [0.4, 0.5) is 0 Å². The van der Waals surface area contributed by atoms with Gasteiger partial charge in [-0.1, -0.05) is 55.9 Å². The number of rotatable bonds is 8. The summed E-state index contributed by atoms with van der Waals surface area (Å²) in [5, 5.41) is 12.8. The highest BCUT2D eigenvalue weighted by atomic mass is 32.2. The van der Waals surface area contributed by atoms with Gasteiger partial charge >= 0.3 is 0 Å². The number of ether oxygens (including phenoxy) is 1. The van der Waals surface area contributed by atoms with Gasteiger partial charge in [-0.05, 0) is 35.7 Å². The molecule has 0 aliphatic rings. The van der Waals surface area contributed by atoms with E-state index in [1.54, 1.807) is 31.4 Å². The lowest BCUT2D eigenvalue weighted by molar-refractivity contribution is -0.119. The first-order valence-corrected chi connectivity index (χ1v) is 11.1. The number of H-pyrrole nitrogens is 1. The number of aromatic nitrogens is 2. The van der Waals surface area contributed by atoms with Crippen molar-refractivity contribution < 1.29 is 9.53 Å². The number of benzene rings is 2. The summed E-state index contributed by atoms with van der Waals surface area (Å²) >= 11 is 1.11. The molecule has 32 heavy (non-hydrogen) atoms. The smallest absolute Gasteiger partial charge is 0.270 e. The Morgan fingerprint density at radius 2 is 1.88 bits per heavy atom. The molecule has 1 heterocycles. The van der Waals surface area contributed by atoms with Crippen LogP contribution >= 0.6 is 11.8 Å². The third-order valence-electron chi connectivity index (χ3n) is 4.85. The van der Waals surface area contributed by atoms with E-state index in [1.807, 2.05) is 50.2 Å². The maximum absolute atomic E-state index is 12.6. The van der Waals surface area contributed by atoms with Crippen LogP contribution in [0.15, 0.2) is 64.5 Å². The van der Waals surface area contributed by atoms with Crippen LogP contribution in [-0.2, 0) is 4.79 Å². The first-order valence-electron chi connectivity index (χ1n) is 10.1. The van der Waals surface area contributed by atoms with Gasteiger partial charge in [-0.25, -0.2) is 4.98 Å². The summed E-state index contributed by atoms with van der Waals surface area (Å²) < 4.78 is 5.15. The molecular weight excluding hydrogens is 424 g/mol. The van der Waals surface area contributed by atoms with E-state index in [2.05, 4.69) is 15.3 Å². The van der Waals surface area contributed by atoms with Crippen LogP contribution in [-0.4, -0.2) is 28.7 Å². The number of methoxy groups -OCH3 is 1. The molecule has 0 fully saturated rings. The van der Waals surface area contributed by atoms with Gasteiger partial charge < -0.3 is 15.0 Å². The normalized spacial score (nSPS) is 11.6. The molecule has 7 nitrogen and oxygen atoms in total. The fraction of sp³-hybridized carbons (Fsp3) is 0.250. The summed E-state index contributed by atoms with van der Waals surface area (Å²) in [4.78, 5) is 32.1. The molecular formula is C24H24N4O3S. The second kappa shape index (κ2) is 10.6. The Labute approximate surface area is 190 Å². The van der Waals surface area contributed by atoms with Gasteiger partial charge in [0.1, 0.15) is 17.4 Å². The van der Waals surface area contributed by atoms with Crippen molar-refractivity contribution >= 4 is 17.7 Å². The predicted octanol–water partition coefficient (Wildman–Crippen LogP) is 3.92. The monoisotopic (exact) mass is 448 g/mol. The first-order chi connectivity index (χ1) is 15.4. The molecule has 2 N–H and O–H groups in total. The molecule has 164 valence electrons. The van der Waals surface area contributed by atoms with Crippen LogP contribution in [0.2, 0.25) is 0 Å². The molecule has 3 rings (SSSR count). The fourth-order valence-electron chi connectivity index (χ4n) is 3.23. The van der Waals surface area contributed by atoms with Crippen LogP contribution in [0, 0.1) is 17.2 Å². The maximum atomic E-state index is 12.6. The van der Waals surface area contributed by atoms with E-state index < -0.39 is 5.56 Å². The molecule has 0 unspecified atom stereocenters. The maximum Gasteiger partial charge on any atom is 0.270 e. The average molecular weight is 449 g/mol. The number of thioether (sulfide) groups is 1. The molecule has 8 heteroatoms. The number of amides is 1. The SMILES string of the molecule is COc1ccc(-c2nc(SCC(=O)N[C@H](c3ccccc3)C(C)C)[nH]c(=O)c2C#N)cc1. The third-order valence-corrected chi connectivity index (χ3v) is 5.73. The lowest BCUT2D eigenvalue weighted by atomic mass is 9.96. The Kier molecular flexibility index (Phi) is 7.68. The van der Waals surface area contributed by atoms with Gasteiger partial charge in [0.15, 0.2) is 5.16 Å². The molecule has 1 aromatic heterocycles. The van der Waals surface area contributed by atoms with Gasteiger partial charge in [0.05, 0.1) is 24.6 Å². The number of nitriles is 1. The van der Waals surface area contributed by atoms with E-state index in [4.69, 9.17) is 4.74 Å². The standard InChI is InChI=1S/C24H24N4O3S/c1-15(2)21(16-7-5-4-6-8-16)26-20(29)14-32-24-27-22(19(13-25)23(30)28-24)17-9-11-18(31-3)12-10-17/h4-12,15,21H,14H2,1-3H3,(H,26,29)(H,27,28,30)/t21-/m0/s1. The van der Waals surface area contributed by atoms with Crippen molar-refractivity contribution in [2.75, 3.05) is 12.9 Å². The van der Waals surface area contributed by atoms with Gasteiger partial charge in [-0.2, -0.15) is 5.26 Å². The summed E-state index contributed by atoms with van der Waals surface area (Å²) in [5.74, 6) is 0.769. The molecule has 0 bridgehead atoms. The molecule has 0 radical (unpaired) electrons. The number of carbonyl (C=O) groups is 1. The Morgan fingerprint density at radius 1 is 1.19 bits per heavy atom. The van der Waals surface area contributed by atoms with Gasteiger partial charge in [-0.3, -0.25) is 9.59 Å². The van der Waals surface area contributed by atoms with Crippen molar-refractivity contribution in [3.05, 3.63) is 76.1 Å². The molecule has 0 saturated heterocycles. The average Bonchev–Trinajstić information content (AvgIpc) is 2.81. The van der Waals surface area contributed by atoms with E-state index in [0.717, 1.165) is 17.3 Å². The van der Waals surface area contributed by atoms with Crippen molar-refractivity contribution in [2.24, 2.45) is 5.92 Å². The quantitative estimate of drug-likeness (QED) is 0.399. The largest absolute Gasteiger partial charge is 0.497 e. The van der Waals surface area contributed by atoms with Crippen molar-refractivity contribution in [1.29, 1.82) is 5.26 Å². The predicted molar refractivity (Wildman–Crippen MR) is 124 cm³/mol. The van der Waals surface area contributed by atoms with Gasteiger partial charge in [0.2, 0.25) is 5.91 Å². The number of nitrogens with zero attached hydrogens (tertiary/aromatic N) is 2. The second-order valence-electron chi connectivity index (χ2n) is 7.42. The van der Waals surface area contributed by atoms with Crippen molar-refractivity contribution in [3.63, 3.8) is 0 Å². The van der Waals surface area contributed by atoms with E-state index in [9.17, 15) is 14.9 Å². The topological polar surface area (TPSA) is 108 Å². The van der Waals surface area contributed by atoms with Crippen molar-refractivity contribution in [1.82, 2.24) is 15.3 Å². The van der Waals surface area contributed by atoms with Crippen LogP contribution in [0.5, 0.6) is 5.75 Å². The number of nitrogens with one attached hydrogen (secondary N) is 2. The molecule has 1 atom stereocenters. The molecule has 0 saturated carbocycles. The Hall–Kier alpha value is -3.57. The zero-order chi connectivity index (χ0) is 23.1. The highest BCUT2D eigenvalue weighted by Crippen LogP contribution is 2.25. The number of carbonyl (C=O) groups excluding carboxylic acids is 1. The molecule has 1 amide bonds. The second-order valence-corrected chi connectivity index (χ2v) is 8.39. The molecule has 2 aromatic carbocycles. The van der Waals surface area contributed by atoms with Crippen LogP contribution in [0.3, 0.4) is 0 Å². The molecule has 0 spiro atoms. The molecule has 0 aliphatic carbocycles. The summed E-state index contributed by atoms with van der Waals surface area (Å²) in [6, 6.07) is 18.5. The minimum absolute atomic E-state index is 0.0760. The molecule has 0 aliphatic heterocycles. The highest BCUT2D eigenvalue weighted by Gasteiger charge is 2.19. The number of aromatic amines is 1. The first kappa shape index (κ1) is 23.1. The van der Waals surface area contributed by atoms with Crippen LogP contribution < -0.4 is 15.6 Å². The zero-order valence-corrected chi connectivity index (χ0v) is 18.9. The van der Waals surface area contributed by atoms with Crippen molar-refractivity contribution in [2.45, 2.75) is 25.0 Å². The highest BCUT2D eigenvalue weighted by molar-refractivity contribution is 7.99. The zero-order valence-electron chi connectivity index (χ0n) is 18.1. The molecule has 3 aromatic rings. The fourth-order valence-corrected chi connectivity index (χ4v) is 3.90. The van der Waals surface area contributed by atoms with E-state index >= 15 is 0 Å². The van der Waals surface area contributed by atoms with Crippen LogP contribution in [0.1, 0.15) is 31.0 Å². The number of hydrogen-bond donors (Lipinski definition) is 2. The summed E-state index contributed by atoms with van der Waals surface area (Å²) in [6.45, 7) is 4.09. The van der Waals surface area contributed by atoms with E-state index in [0.29, 0.717) is 11.3 Å². The van der Waals surface area contributed by atoms with Crippen molar-refractivity contribution in [3.8, 4) is 23.1 Å². The number of hydrogen-bond acceptors (Lipinski definition) is 6. The van der Waals surface area contributed by atoms with Gasteiger partial charge in [0.25, 0.3) is 5.56 Å². The lowest BCUT2D eigenvalue weighted by Crippen LogP contribution is -2.33. The van der Waals surface area contributed by atoms with Gasteiger partial charge in [-0.15, -0.1) is 0 Å². The minimum Gasteiger partial charge on any atom is -0.497 e. The third kappa shape index (κ3) is 5.56. The Morgan fingerprint density at radius 3 is 2.47 bits per heavy atom. The van der Waals surface area contributed by atoms with E-state index in [-0.39, 0.29) is 40.0 Å².